The Morgan fingerprint density at radius 3 is 2.00 bits per heavy atom. The minimum Gasteiger partial charge on any atom is -0.222 e. The van der Waals surface area contributed by atoms with E-state index < -0.39 is 10.2 Å². The molecule has 0 bridgehead atoms. The molecule has 0 N–H and O–H groups in total. The average molecular weight is 251 g/mol. The molecule has 0 unspecified atom stereocenters. The Labute approximate surface area is 94.6 Å². The molecule has 1 aromatic carbocycles. The molecular formula is C9H11ClO4S. The molecule has 0 atom stereocenters. The highest BCUT2D eigenvalue weighted by atomic mass is 35.7. The van der Waals surface area contributed by atoms with E-state index in [-0.39, 0.29) is 0 Å². The molecule has 0 saturated carbocycles. The fraction of sp³-hybridized carbons (Fsp3) is 0.111. The summed E-state index contributed by atoms with van der Waals surface area (Å²) in [5.74, 6) is 1.05. The first-order valence-corrected chi connectivity index (χ1v) is 6.20. The van der Waals surface area contributed by atoms with Crippen LogP contribution in [0.25, 0.3) is 0 Å². The molecule has 6 heteroatoms. The van der Waals surface area contributed by atoms with Gasteiger partial charge in [-0.3, -0.25) is 0 Å². The SMILES string of the molecule is C=CC[SH+]c1ccccc1.[O-][Cl+3]([O-])([O-])[O-]. The minimum absolute atomic E-state index is 1.05. The summed E-state index contributed by atoms with van der Waals surface area (Å²) in [7, 11) is -4.94. The van der Waals surface area contributed by atoms with Crippen LogP contribution in [-0.2, 0) is 11.8 Å². The van der Waals surface area contributed by atoms with E-state index in [0.717, 1.165) is 5.75 Å². The Morgan fingerprint density at radius 2 is 1.60 bits per heavy atom. The summed E-state index contributed by atoms with van der Waals surface area (Å²) in [5.41, 5.74) is 0. The molecule has 84 valence electrons. The van der Waals surface area contributed by atoms with Crippen LogP contribution in [0.4, 0.5) is 0 Å². The standard InChI is InChI=1S/C9H10S.ClHO4/c1-2-8-10-9-6-4-3-5-7-9;2-1(3,4)5/h2-7H,1,8H2;(H,2,3,4,5). The monoisotopic (exact) mass is 250 g/mol. The largest absolute Gasteiger partial charge is 0.222 e. The van der Waals surface area contributed by atoms with Gasteiger partial charge in [0.05, 0.1) is 0 Å². The predicted octanol–water partition coefficient (Wildman–Crippen LogP) is -2.71. The first kappa shape index (κ1) is 14.4. The van der Waals surface area contributed by atoms with E-state index in [9.17, 15) is 0 Å². The van der Waals surface area contributed by atoms with Crippen molar-refractivity contribution in [1.82, 2.24) is 0 Å². The number of hydrogen-bond acceptors (Lipinski definition) is 4. The van der Waals surface area contributed by atoms with Crippen molar-refractivity contribution in [2.75, 3.05) is 5.75 Å². The molecule has 0 heterocycles. The number of thiol groups is 1. The maximum atomic E-state index is 8.49. The molecule has 0 radical (unpaired) electrons. The molecule has 15 heavy (non-hydrogen) atoms. The third kappa shape index (κ3) is 13.4. The van der Waals surface area contributed by atoms with Gasteiger partial charge in [-0.2, -0.15) is 0 Å². The van der Waals surface area contributed by atoms with Crippen LogP contribution in [0.15, 0.2) is 47.9 Å². The maximum Gasteiger partial charge on any atom is 0.152 e. The Kier molecular flexibility index (Phi) is 7.41. The molecule has 0 aliphatic heterocycles. The highest BCUT2D eigenvalue weighted by Gasteiger charge is 1.95. The van der Waals surface area contributed by atoms with Crippen LogP contribution >= 0.6 is 0 Å². The van der Waals surface area contributed by atoms with Crippen LogP contribution in [0.2, 0.25) is 0 Å². The summed E-state index contributed by atoms with van der Waals surface area (Å²) in [4.78, 5) is 1.36. The Bertz CT molecular complexity index is 267. The van der Waals surface area contributed by atoms with Gasteiger partial charge in [0.15, 0.2) is 4.90 Å². The van der Waals surface area contributed by atoms with Gasteiger partial charge < -0.3 is 0 Å². The van der Waals surface area contributed by atoms with E-state index in [4.69, 9.17) is 18.6 Å². The van der Waals surface area contributed by atoms with Gasteiger partial charge in [-0.25, -0.2) is 18.6 Å². The summed E-state index contributed by atoms with van der Waals surface area (Å²) >= 11 is 1.34. The Balaban J connectivity index is 0.000000336. The quantitative estimate of drug-likeness (QED) is 0.331. The maximum absolute atomic E-state index is 8.49. The van der Waals surface area contributed by atoms with E-state index >= 15 is 0 Å². The van der Waals surface area contributed by atoms with Gasteiger partial charge in [-0.05, 0) is 18.2 Å². The normalized spacial score (nSPS) is 10.1. The van der Waals surface area contributed by atoms with Crippen molar-refractivity contribution in [3.05, 3.63) is 43.0 Å². The fourth-order valence-corrected chi connectivity index (χ4v) is 1.43. The number of hydrogen-bond donors (Lipinski definition) is 0. The molecule has 0 aliphatic rings. The van der Waals surface area contributed by atoms with Crippen LogP contribution in [0.3, 0.4) is 0 Å². The summed E-state index contributed by atoms with van der Waals surface area (Å²) in [6, 6.07) is 10.4. The van der Waals surface area contributed by atoms with Crippen LogP contribution in [-0.4, -0.2) is 5.75 Å². The van der Waals surface area contributed by atoms with Crippen LogP contribution in [0.5, 0.6) is 0 Å². The highest BCUT2D eigenvalue weighted by Crippen LogP contribution is 2.00. The molecular weight excluding hydrogens is 240 g/mol. The lowest BCUT2D eigenvalue weighted by atomic mass is 10.4. The second-order valence-corrected chi connectivity index (χ2v) is 4.30. The van der Waals surface area contributed by atoms with Crippen molar-refractivity contribution in [2.45, 2.75) is 4.90 Å². The van der Waals surface area contributed by atoms with Gasteiger partial charge in [0, 0.05) is 11.8 Å². The second-order valence-electron chi connectivity index (χ2n) is 2.34. The van der Waals surface area contributed by atoms with E-state index in [1.807, 2.05) is 12.1 Å². The molecule has 1 aromatic rings. The van der Waals surface area contributed by atoms with Crippen LogP contribution < -0.4 is 18.6 Å². The average Bonchev–Trinajstić information content (AvgIpc) is 2.14. The first-order chi connectivity index (χ1) is 6.93. The van der Waals surface area contributed by atoms with Crippen molar-refractivity contribution in [3.63, 3.8) is 0 Å². The Morgan fingerprint density at radius 1 is 1.13 bits per heavy atom. The lowest BCUT2D eigenvalue weighted by Crippen LogP contribution is -2.68. The van der Waals surface area contributed by atoms with Crippen molar-refractivity contribution in [3.8, 4) is 0 Å². The number of benzene rings is 1. The lowest BCUT2D eigenvalue weighted by Gasteiger charge is -2.17. The molecule has 1 rings (SSSR count). The third-order valence-corrected chi connectivity index (χ3v) is 2.26. The first-order valence-electron chi connectivity index (χ1n) is 3.88. The fourth-order valence-electron chi connectivity index (χ4n) is 0.703. The molecule has 0 amide bonds. The highest BCUT2D eigenvalue weighted by molar-refractivity contribution is 7.78. The summed E-state index contributed by atoms with van der Waals surface area (Å²) in [6.45, 7) is 3.67. The van der Waals surface area contributed by atoms with Gasteiger partial charge in [-0.15, -0.1) is 10.2 Å². The summed E-state index contributed by atoms with van der Waals surface area (Å²) in [5, 5.41) is 0. The molecule has 0 saturated heterocycles. The van der Waals surface area contributed by atoms with Gasteiger partial charge >= 0.3 is 0 Å². The zero-order valence-electron chi connectivity index (χ0n) is 7.84. The van der Waals surface area contributed by atoms with E-state index in [1.54, 1.807) is 0 Å². The van der Waals surface area contributed by atoms with Crippen molar-refractivity contribution < 1.29 is 28.9 Å². The third-order valence-electron chi connectivity index (χ3n) is 1.16. The van der Waals surface area contributed by atoms with Crippen molar-refractivity contribution >= 4 is 11.8 Å². The smallest absolute Gasteiger partial charge is 0.152 e. The Hall–Kier alpha value is -0.560. The number of halogens is 1. The zero-order chi connectivity index (χ0) is 11.7. The van der Waals surface area contributed by atoms with Gasteiger partial charge in [0.1, 0.15) is 5.75 Å². The van der Waals surface area contributed by atoms with E-state index in [2.05, 4.69) is 30.8 Å². The van der Waals surface area contributed by atoms with Crippen molar-refractivity contribution in [1.29, 1.82) is 0 Å². The lowest BCUT2D eigenvalue weighted by molar-refractivity contribution is -2.00. The minimum atomic E-state index is -4.94. The second kappa shape index (κ2) is 7.70. The summed E-state index contributed by atoms with van der Waals surface area (Å²) < 4.78 is 34.0. The molecule has 4 nitrogen and oxygen atoms in total. The van der Waals surface area contributed by atoms with Gasteiger partial charge in [-0.1, -0.05) is 24.8 Å². The summed E-state index contributed by atoms with van der Waals surface area (Å²) in [6.07, 6.45) is 1.94. The zero-order valence-corrected chi connectivity index (χ0v) is 9.49. The predicted molar refractivity (Wildman–Crippen MR) is 48.5 cm³/mol. The van der Waals surface area contributed by atoms with Crippen molar-refractivity contribution in [2.24, 2.45) is 0 Å². The van der Waals surface area contributed by atoms with Crippen LogP contribution in [0, 0.1) is 10.2 Å². The molecule has 0 fully saturated rings. The molecule has 0 aromatic heterocycles. The van der Waals surface area contributed by atoms with Gasteiger partial charge in [0.2, 0.25) is 0 Å². The topological polar surface area (TPSA) is 92.2 Å². The van der Waals surface area contributed by atoms with Crippen LogP contribution in [0.1, 0.15) is 0 Å². The van der Waals surface area contributed by atoms with E-state index in [0.29, 0.717) is 0 Å². The van der Waals surface area contributed by atoms with Gasteiger partial charge in [0.25, 0.3) is 0 Å². The number of rotatable bonds is 3. The van der Waals surface area contributed by atoms with E-state index in [1.165, 1.54) is 16.7 Å². The molecule has 0 spiro atoms. The molecule has 0 aliphatic carbocycles.